The van der Waals surface area contributed by atoms with Gasteiger partial charge in [-0.15, -0.1) is 0 Å². The molecule has 1 aromatic heterocycles. The molecule has 1 fully saturated rings. The van der Waals surface area contributed by atoms with Crippen LogP contribution in [0.25, 0.3) is 0 Å². The molecule has 2 rings (SSSR count). The number of amides is 1. The van der Waals surface area contributed by atoms with Crippen LogP contribution in [0, 0.1) is 12.8 Å². The Morgan fingerprint density at radius 1 is 1.53 bits per heavy atom. The second-order valence-corrected chi connectivity index (χ2v) is 5.95. The molecule has 1 aliphatic rings. The monoisotopic (exact) mass is 282 g/mol. The van der Waals surface area contributed by atoms with Crippen LogP contribution in [0.15, 0.2) is 6.33 Å². The zero-order valence-corrected chi connectivity index (χ0v) is 12.2. The number of hydrogen-bond acceptors (Lipinski definition) is 4. The van der Waals surface area contributed by atoms with Crippen LogP contribution in [0.3, 0.4) is 0 Å². The van der Waals surface area contributed by atoms with Crippen LogP contribution in [-0.4, -0.2) is 41.3 Å². The van der Waals surface area contributed by atoms with Gasteiger partial charge in [-0.25, -0.2) is 4.98 Å². The molecule has 0 aromatic carbocycles. The Balaban J connectivity index is 1.56. The van der Waals surface area contributed by atoms with E-state index in [0.717, 1.165) is 55.4 Å². The first kappa shape index (κ1) is 14.4. The molecule has 0 spiro atoms. The van der Waals surface area contributed by atoms with E-state index in [-0.39, 0.29) is 11.8 Å². The third-order valence-electron chi connectivity index (χ3n) is 3.43. The lowest BCUT2D eigenvalue weighted by Gasteiger charge is -2.21. The summed E-state index contributed by atoms with van der Waals surface area (Å²) >= 11 is 1.80. The van der Waals surface area contributed by atoms with Gasteiger partial charge in [-0.3, -0.25) is 4.79 Å². The first-order chi connectivity index (χ1) is 9.27. The fraction of sp³-hybridized carbons (Fsp3) is 0.692. The number of nitrogens with zero attached hydrogens (tertiary/aromatic N) is 1. The number of H-pyrrole nitrogens is 1. The summed E-state index contributed by atoms with van der Waals surface area (Å²) in [6.07, 6.45) is 3.65. The van der Waals surface area contributed by atoms with Gasteiger partial charge in [0.1, 0.15) is 0 Å². The Hall–Kier alpha value is -1.01. The number of aryl methyl sites for hydroxylation is 1. The van der Waals surface area contributed by atoms with Crippen molar-refractivity contribution in [2.24, 2.45) is 5.92 Å². The number of aromatic nitrogens is 2. The Kier molecular flexibility index (Phi) is 5.72. The van der Waals surface area contributed by atoms with Crippen molar-refractivity contribution in [2.75, 3.05) is 25.4 Å². The van der Waals surface area contributed by atoms with Crippen LogP contribution in [0.4, 0.5) is 0 Å². The van der Waals surface area contributed by atoms with Gasteiger partial charge in [0, 0.05) is 29.7 Å². The second kappa shape index (κ2) is 7.55. The average Bonchev–Trinajstić information content (AvgIpc) is 2.85. The highest BCUT2D eigenvalue weighted by atomic mass is 32.2. The highest BCUT2D eigenvalue weighted by Crippen LogP contribution is 2.13. The van der Waals surface area contributed by atoms with Crippen molar-refractivity contribution in [2.45, 2.75) is 25.5 Å². The van der Waals surface area contributed by atoms with Gasteiger partial charge in [-0.1, -0.05) is 0 Å². The molecule has 0 bridgehead atoms. The minimum absolute atomic E-state index is 0.208. The van der Waals surface area contributed by atoms with E-state index in [1.165, 1.54) is 0 Å². The van der Waals surface area contributed by atoms with Crippen LogP contribution < -0.4 is 10.6 Å². The molecule has 1 saturated heterocycles. The van der Waals surface area contributed by atoms with Crippen molar-refractivity contribution in [1.29, 1.82) is 0 Å². The van der Waals surface area contributed by atoms with E-state index in [0.29, 0.717) is 0 Å². The number of rotatable bonds is 6. The normalized spacial score (nSPS) is 16.5. The van der Waals surface area contributed by atoms with Gasteiger partial charge in [0.05, 0.1) is 12.0 Å². The smallest absolute Gasteiger partial charge is 0.223 e. The first-order valence-electron chi connectivity index (χ1n) is 6.82. The number of carbonyl (C=O) groups is 1. The standard InChI is InChI=1S/C13H22N4OS/c1-10-12(17-9-16-10)8-19-7-6-15-13(18)11-2-4-14-5-3-11/h9,11,14H,2-8H2,1H3,(H,15,18)(H,16,17). The largest absolute Gasteiger partial charge is 0.355 e. The molecule has 19 heavy (non-hydrogen) atoms. The average molecular weight is 282 g/mol. The lowest BCUT2D eigenvalue weighted by atomic mass is 9.97. The van der Waals surface area contributed by atoms with E-state index < -0.39 is 0 Å². The fourth-order valence-electron chi connectivity index (χ4n) is 2.18. The van der Waals surface area contributed by atoms with E-state index in [4.69, 9.17) is 0 Å². The molecule has 2 heterocycles. The summed E-state index contributed by atoms with van der Waals surface area (Å²) in [6.45, 7) is 4.70. The predicted octanol–water partition coefficient (Wildman–Crippen LogP) is 1.07. The zero-order chi connectivity index (χ0) is 13.5. The Morgan fingerprint density at radius 3 is 3.00 bits per heavy atom. The van der Waals surface area contributed by atoms with Crippen LogP contribution in [0.5, 0.6) is 0 Å². The molecule has 6 heteroatoms. The Labute approximate surface area is 118 Å². The summed E-state index contributed by atoms with van der Waals surface area (Å²) in [5.74, 6) is 2.26. The molecular weight excluding hydrogens is 260 g/mol. The molecule has 1 amide bonds. The zero-order valence-electron chi connectivity index (χ0n) is 11.4. The summed E-state index contributed by atoms with van der Waals surface area (Å²) in [6, 6.07) is 0. The minimum Gasteiger partial charge on any atom is -0.355 e. The summed E-state index contributed by atoms with van der Waals surface area (Å²) < 4.78 is 0. The number of thioether (sulfide) groups is 1. The lowest BCUT2D eigenvalue weighted by molar-refractivity contribution is -0.125. The van der Waals surface area contributed by atoms with Gasteiger partial charge in [0.25, 0.3) is 0 Å². The molecule has 0 radical (unpaired) electrons. The van der Waals surface area contributed by atoms with Crippen molar-refractivity contribution in [3.8, 4) is 0 Å². The maximum atomic E-state index is 11.9. The quantitative estimate of drug-likeness (QED) is 0.683. The van der Waals surface area contributed by atoms with Crippen molar-refractivity contribution < 1.29 is 4.79 Å². The number of imidazole rings is 1. The van der Waals surface area contributed by atoms with Crippen LogP contribution in [-0.2, 0) is 10.5 Å². The second-order valence-electron chi connectivity index (χ2n) is 4.84. The third kappa shape index (κ3) is 4.54. The molecule has 0 atom stereocenters. The Bertz CT molecular complexity index is 401. The number of carbonyl (C=O) groups excluding carboxylic acids is 1. The topological polar surface area (TPSA) is 69.8 Å². The van der Waals surface area contributed by atoms with Crippen molar-refractivity contribution in [1.82, 2.24) is 20.6 Å². The number of piperidine rings is 1. The predicted molar refractivity (Wildman–Crippen MR) is 78.1 cm³/mol. The molecule has 0 unspecified atom stereocenters. The Morgan fingerprint density at radius 2 is 2.32 bits per heavy atom. The van der Waals surface area contributed by atoms with Crippen LogP contribution in [0.2, 0.25) is 0 Å². The summed E-state index contributed by atoms with van der Waals surface area (Å²) in [5, 5.41) is 6.30. The maximum Gasteiger partial charge on any atom is 0.223 e. The van der Waals surface area contributed by atoms with E-state index >= 15 is 0 Å². The molecule has 5 nitrogen and oxygen atoms in total. The highest BCUT2D eigenvalue weighted by molar-refractivity contribution is 7.98. The lowest BCUT2D eigenvalue weighted by Crippen LogP contribution is -2.38. The van der Waals surface area contributed by atoms with Gasteiger partial charge in [0.15, 0.2) is 0 Å². The van der Waals surface area contributed by atoms with E-state index in [1.807, 2.05) is 6.92 Å². The maximum absolute atomic E-state index is 11.9. The van der Waals surface area contributed by atoms with Gasteiger partial charge < -0.3 is 15.6 Å². The molecule has 0 saturated carbocycles. The number of aromatic amines is 1. The van der Waals surface area contributed by atoms with Crippen LogP contribution >= 0.6 is 11.8 Å². The summed E-state index contributed by atoms with van der Waals surface area (Å²) in [7, 11) is 0. The van der Waals surface area contributed by atoms with Gasteiger partial charge in [-0.05, 0) is 32.9 Å². The molecule has 3 N–H and O–H groups in total. The van der Waals surface area contributed by atoms with Crippen molar-refractivity contribution >= 4 is 17.7 Å². The summed E-state index contributed by atoms with van der Waals surface area (Å²) in [4.78, 5) is 19.2. The molecule has 1 aromatic rings. The molecular formula is C13H22N4OS. The SMILES string of the molecule is Cc1[nH]cnc1CSCCNC(=O)C1CCNCC1. The number of nitrogens with one attached hydrogen (secondary N) is 3. The van der Waals surface area contributed by atoms with Crippen LogP contribution in [0.1, 0.15) is 24.2 Å². The third-order valence-corrected chi connectivity index (χ3v) is 4.40. The van der Waals surface area contributed by atoms with Gasteiger partial charge in [-0.2, -0.15) is 11.8 Å². The molecule has 1 aliphatic heterocycles. The highest BCUT2D eigenvalue weighted by Gasteiger charge is 2.19. The number of hydrogen-bond donors (Lipinski definition) is 3. The van der Waals surface area contributed by atoms with Crippen molar-refractivity contribution in [3.05, 3.63) is 17.7 Å². The van der Waals surface area contributed by atoms with E-state index in [2.05, 4.69) is 20.6 Å². The van der Waals surface area contributed by atoms with E-state index in [9.17, 15) is 4.79 Å². The van der Waals surface area contributed by atoms with Crippen molar-refractivity contribution in [3.63, 3.8) is 0 Å². The minimum atomic E-state index is 0.208. The molecule has 106 valence electrons. The fourth-order valence-corrected chi connectivity index (χ4v) is 3.05. The van der Waals surface area contributed by atoms with Gasteiger partial charge >= 0.3 is 0 Å². The van der Waals surface area contributed by atoms with E-state index in [1.54, 1.807) is 18.1 Å². The first-order valence-corrected chi connectivity index (χ1v) is 7.98. The van der Waals surface area contributed by atoms with Gasteiger partial charge in [0.2, 0.25) is 5.91 Å². The molecule has 0 aliphatic carbocycles. The summed E-state index contributed by atoms with van der Waals surface area (Å²) in [5.41, 5.74) is 2.24.